The van der Waals surface area contributed by atoms with Crippen LogP contribution in [0.3, 0.4) is 0 Å². The zero-order chi connectivity index (χ0) is 7.56. The Labute approximate surface area is 73.9 Å². The average Bonchev–Trinajstić information content (AvgIpc) is 1.88. The summed E-state index contributed by atoms with van der Waals surface area (Å²) < 4.78 is 1.16. The number of nitrogens with two attached hydrogens (primary N) is 1. The number of halogens is 1. The molecule has 3 heteroatoms. The Bertz CT molecular complexity index is 235. The maximum Gasteiger partial charge on any atom is 0.0572 e. The van der Waals surface area contributed by atoms with Crippen molar-refractivity contribution >= 4 is 34.0 Å². The molecule has 0 bridgehead atoms. The number of nitrogen functional groups attached to an aromatic ring is 1. The Morgan fingerprint density at radius 3 is 2.70 bits per heavy atom. The minimum atomic E-state index is 0.800. The molecule has 0 aromatic heterocycles. The van der Waals surface area contributed by atoms with Gasteiger partial charge >= 0.3 is 0 Å². The summed E-state index contributed by atoms with van der Waals surface area (Å²) in [6.45, 7) is 0. The van der Waals surface area contributed by atoms with Gasteiger partial charge in [-0.25, -0.2) is 0 Å². The van der Waals surface area contributed by atoms with Gasteiger partial charge in [0.2, 0.25) is 0 Å². The van der Waals surface area contributed by atoms with Gasteiger partial charge in [-0.3, -0.25) is 0 Å². The van der Waals surface area contributed by atoms with Crippen LogP contribution in [0, 0.1) is 3.57 Å². The smallest absolute Gasteiger partial charge is 0.0572 e. The molecule has 0 aliphatic heterocycles. The minimum Gasteiger partial charge on any atom is -0.397 e. The van der Waals surface area contributed by atoms with Crippen molar-refractivity contribution in [3.05, 3.63) is 21.8 Å². The Morgan fingerprint density at radius 1 is 1.50 bits per heavy atom. The van der Waals surface area contributed by atoms with E-state index in [9.17, 15) is 0 Å². The molecule has 0 saturated carbocycles. The van der Waals surface area contributed by atoms with Gasteiger partial charge in [0.25, 0.3) is 0 Å². The second-order valence-corrected chi connectivity index (χ2v) is 3.23. The molecule has 0 aliphatic rings. The lowest BCUT2D eigenvalue weighted by Crippen LogP contribution is -1.95. The molecular formula is C7H9IN2. The van der Waals surface area contributed by atoms with E-state index in [0.717, 1.165) is 14.9 Å². The number of hydrogen-bond acceptors (Lipinski definition) is 2. The van der Waals surface area contributed by atoms with E-state index in [2.05, 4.69) is 27.9 Å². The lowest BCUT2D eigenvalue weighted by molar-refractivity contribution is 1.50. The first kappa shape index (κ1) is 7.65. The third-order valence-corrected chi connectivity index (χ3v) is 1.95. The number of rotatable bonds is 1. The van der Waals surface area contributed by atoms with Gasteiger partial charge in [-0.2, -0.15) is 0 Å². The molecule has 0 spiro atoms. The summed E-state index contributed by atoms with van der Waals surface area (Å²) in [4.78, 5) is 0. The van der Waals surface area contributed by atoms with E-state index in [-0.39, 0.29) is 0 Å². The summed E-state index contributed by atoms with van der Waals surface area (Å²) in [7, 11) is 1.86. The van der Waals surface area contributed by atoms with Crippen LogP contribution in [0.25, 0.3) is 0 Å². The lowest BCUT2D eigenvalue weighted by Gasteiger charge is -2.03. The van der Waals surface area contributed by atoms with E-state index in [1.54, 1.807) is 0 Å². The van der Waals surface area contributed by atoms with Gasteiger partial charge in [-0.1, -0.05) is 0 Å². The first-order valence-corrected chi connectivity index (χ1v) is 4.04. The van der Waals surface area contributed by atoms with E-state index < -0.39 is 0 Å². The molecule has 0 heterocycles. The molecule has 0 atom stereocenters. The summed E-state index contributed by atoms with van der Waals surface area (Å²) in [6, 6.07) is 5.92. The summed E-state index contributed by atoms with van der Waals surface area (Å²) in [5, 5.41) is 2.99. The second kappa shape index (κ2) is 3.09. The molecule has 1 rings (SSSR count). The predicted molar refractivity (Wildman–Crippen MR) is 53.1 cm³/mol. The molecule has 0 radical (unpaired) electrons. The molecule has 0 aliphatic carbocycles. The van der Waals surface area contributed by atoms with Gasteiger partial charge in [0.15, 0.2) is 0 Å². The molecule has 0 amide bonds. The second-order valence-electron chi connectivity index (χ2n) is 1.98. The molecule has 0 fully saturated rings. The third-order valence-electron chi connectivity index (χ3n) is 1.28. The zero-order valence-electron chi connectivity index (χ0n) is 5.69. The summed E-state index contributed by atoms with van der Waals surface area (Å²) in [5.74, 6) is 0. The number of hydrogen-bond donors (Lipinski definition) is 2. The van der Waals surface area contributed by atoms with Crippen molar-refractivity contribution in [1.82, 2.24) is 0 Å². The van der Waals surface area contributed by atoms with Crippen molar-refractivity contribution in [2.75, 3.05) is 18.1 Å². The topological polar surface area (TPSA) is 38.0 Å². The van der Waals surface area contributed by atoms with Crippen molar-refractivity contribution in [2.24, 2.45) is 0 Å². The molecule has 2 nitrogen and oxygen atoms in total. The van der Waals surface area contributed by atoms with Crippen LogP contribution in [0.2, 0.25) is 0 Å². The highest BCUT2D eigenvalue weighted by Crippen LogP contribution is 2.19. The van der Waals surface area contributed by atoms with Gasteiger partial charge < -0.3 is 11.1 Å². The highest BCUT2D eigenvalue weighted by molar-refractivity contribution is 14.1. The van der Waals surface area contributed by atoms with Crippen LogP contribution < -0.4 is 11.1 Å². The fourth-order valence-corrected chi connectivity index (χ4v) is 1.28. The fourth-order valence-electron chi connectivity index (χ4n) is 0.761. The molecule has 0 unspecified atom stereocenters. The molecule has 54 valence electrons. The highest BCUT2D eigenvalue weighted by atomic mass is 127. The third kappa shape index (κ3) is 1.53. The molecule has 1 aromatic carbocycles. The molecular weight excluding hydrogens is 239 g/mol. The zero-order valence-corrected chi connectivity index (χ0v) is 7.84. The number of benzene rings is 1. The van der Waals surface area contributed by atoms with E-state index in [4.69, 9.17) is 5.73 Å². The monoisotopic (exact) mass is 248 g/mol. The van der Waals surface area contributed by atoms with Crippen molar-refractivity contribution in [3.8, 4) is 0 Å². The Kier molecular flexibility index (Phi) is 2.37. The standard InChI is InChI=1S/C7H9IN2/c1-10-7-3-2-5(8)4-6(7)9/h2-4,10H,9H2,1H3. The fraction of sp³-hybridized carbons (Fsp3) is 0.143. The van der Waals surface area contributed by atoms with Crippen LogP contribution in [0.15, 0.2) is 18.2 Å². The minimum absolute atomic E-state index is 0.800. The number of anilines is 2. The normalized spacial score (nSPS) is 9.40. The van der Waals surface area contributed by atoms with Crippen LogP contribution in [0.5, 0.6) is 0 Å². The van der Waals surface area contributed by atoms with Crippen molar-refractivity contribution in [2.45, 2.75) is 0 Å². The van der Waals surface area contributed by atoms with Crippen LogP contribution in [-0.4, -0.2) is 7.05 Å². The van der Waals surface area contributed by atoms with Gasteiger partial charge in [-0.05, 0) is 40.8 Å². The largest absolute Gasteiger partial charge is 0.397 e. The average molecular weight is 248 g/mol. The first-order valence-electron chi connectivity index (χ1n) is 2.97. The Hall–Kier alpha value is -0.450. The molecule has 0 saturated heterocycles. The van der Waals surface area contributed by atoms with Crippen LogP contribution in [-0.2, 0) is 0 Å². The van der Waals surface area contributed by atoms with E-state index in [0.29, 0.717) is 0 Å². The van der Waals surface area contributed by atoms with Gasteiger partial charge in [0, 0.05) is 10.6 Å². The van der Waals surface area contributed by atoms with Crippen molar-refractivity contribution in [1.29, 1.82) is 0 Å². The van der Waals surface area contributed by atoms with E-state index in [1.165, 1.54) is 0 Å². The van der Waals surface area contributed by atoms with Gasteiger partial charge in [0.1, 0.15) is 0 Å². The number of nitrogens with one attached hydrogen (secondary N) is 1. The lowest BCUT2D eigenvalue weighted by atomic mass is 10.3. The van der Waals surface area contributed by atoms with Gasteiger partial charge in [-0.15, -0.1) is 0 Å². The first-order chi connectivity index (χ1) is 4.74. The van der Waals surface area contributed by atoms with Crippen LogP contribution in [0.1, 0.15) is 0 Å². The summed E-state index contributed by atoms with van der Waals surface area (Å²) in [5.41, 5.74) is 7.45. The van der Waals surface area contributed by atoms with Crippen molar-refractivity contribution in [3.63, 3.8) is 0 Å². The highest BCUT2D eigenvalue weighted by Gasteiger charge is 1.94. The van der Waals surface area contributed by atoms with E-state index in [1.807, 2.05) is 25.2 Å². The van der Waals surface area contributed by atoms with Crippen LogP contribution >= 0.6 is 22.6 Å². The Balaban J connectivity index is 3.07. The molecule has 10 heavy (non-hydrogen) atoms. The maximum atomic E-state index is 5.66. The summed E-state index contributed by atoms with van der Waals surface area (Å²) in [6.07, 6.45) is 0. The molecule has 1 aromatic rings. The van der Waals surface area contributed by atoms with Crippen LogP contribution in [0.4, 0.5) is 11.4 Å². The Morgan fingerprint density at radius 2 is 2.20 bits per heavy atom. The van der Waals surface area contributed by atoms with Gasteiger partial charge in [0.05, 0.1) is 11.4 Å². The summed E-state index contributed by atoms with van der Waals surface area (Å²) >= 11 is 2.23. The maximum absolute atomic E-state index is 5.66. The molecule has 3 N–H and O–H groups in total. The van der Waals surface area contributed by atoms with Crippen molar-refractivity contribution < 1.29 is 0 Å². The predicted octanol–water partition coefficient (Wildman–Crippen LogP) is 1.92. The quantitative estimate of drug-likeness (QED) is 0.588. The van der Waals surface area contributed by atoms with E-state index >= 15 is 0 Å². The SMILES string of the molecule is CNc1ccc(I)cc1N.